The fourth-order valence-corrected chi connectivity index (χ4v) is 14.2. The van der Waals surface area contributed by atoms with Gasteiger partial charge in [-0.25, -0.2) is 28.8 Å². The van der Waals surface area contributed by atoms with Crippen molar-refractivity contribution in [3.8, 4) is 0 Å². The Hall–Kier alpha value is -13.6. The summed E-state index contributed by atoms with van der Waals surface area (Å²) in [7, 11) is 0. The van der Waals surface area contributed by atoms with Gasteiger partial charge in [-0.1, -0.05) is 97.1 Å². The summed E-state index contributed by atoms with van der Waals surface area (Å²) in [6.07, 6.45) is -0.0153. The van der Waals surface area contributed by atoms with E-state index in [0.717, 1.165) is 54.9 Å². The van der Waals surface area contributed by atoms with Crippen molar-refractivity contribution < 1.29 is 112 Å². The van der Waals surface area contributed by atoms with Crippen LogP contribution in [0.1, 0.15) is 163 Å². The Labute approximate surface area is 707 Å². The number of fused-ring (bicyclic) bond motifs is 4. The molecule has 37 heteroatoms. The molecule has 37 nitrogen and oxygen atoms in total. The van der Waals surface area contributed by atoms with Crippen molar-refractivity contribution >= 4 is 123 Å². The SMILES string of the molecule is NCCNC(=O)[C@H](CCCCNC(=O)CCC(=O)N1CCc2cc(C(=O)N[C@@H](Cc3ccc4ccccc4c3)C(=O)NCCCC[C@H](NC(=O)N[C@@H](CCC(=O)O)C(=O)O)C(=O)O)ccc2C1)NC(=O)CCC(=O)N1CCc2cc(C(=O)N[C@@H](Cc3ccc4ccccc4c3)C(=O)NCCCC[C@H](NC(=O)N[C@@H](CCC(=O)O)C(=O)O)C(=O)O)ccc2C1. The molecule has 0 aliphatic carbocycles. The summed E-state index contributed by atoms with van der Waals surface area (Å²) < 4.78 is 0. The minimum Gasteiger partial charge on any atom is -0.481 e. The maximum Gasteiger partial charge on any atom is 0.326 e. The molecular formula is C86H106N14O23. The fourth-order valence-electron chi connectivity index (χ4n) is 14.2. The lowest BCUT2D eigenvalue weighted by molar-refractivity contribution is -0.142. The highest BCUT2D eigenvalue weighted by Crippen LogP contribution is 2.26. The molecule has 2 aliphatic heterocycles. The molecule has 0 bridgehead atoms. The quantitative estimate of drug-likeness (QED) is 0.0244. The number of carboxylic acids is 6. The maximum atomic E-state index is 14.0. The summed E-state index contributed by atoms with van der Waals surface area (Å²) in [5.74, 6) is -12.5. The molecule has 658 valence electrons. The van der Waals surface area contributed by atoms with Crippen molar-refractivity contribution in [1.29, 1.82) is 0 Å². The van der Waals surface area contributed by atoms with E-state index in [1.807, 2.05) is 84.9 Å². The molecule has 13 amide bonds. The Balaban J connectivity index is 0.749. The number of carboxylic acid groups (broad SMARTS) is 6. The molecule has 0 saturated heterocycles. The van der Waals surface area contributed by atoms with Crippen molar-refractivity contribution in [2.24, 2.45) is 5.73 Å². The van der Waals surface area contributed by atoms with E-state index in [1.165, 1.54) is 0 Å². The van der Waals surface area contributed by atoms with Gasteiger partial charge in [-0.05, 0) is 163 Å². The van der Waals surface area contributed by atoms with E-state index in [-0.39, 0.29) is 165 Å². The van der Waals surface area contributed by atoms with Crippen LogP contribution in [-0.4, -0.2) is 230 Å². The van der Waals surface area contributed by atoms with E-state index in [0.29, 0.717) is 32.2 Å². The molecule has 0 radical (unpaired) electrons. The van der Waals surface area contributed by atoms with Gasteiger partial charge >= 0.3 is 47.9 Å². The number of amides is 13. The van der Waals surface area contributed by atoms with Gasteiger partial charge < -0.3 is 105 Å². The lowest BCUT2D eigenvalue weighted by Crippen LogP contribution is -2.51. The third-order valence-electron chi connectivity index (χ3n) is 21.0. The minimum atomic E-state index is -1.58. The third-order valence-corrected chi connectivity index (χ3v) is 21.0. The second-order valence-electron chi connectivity index (χ2n) is 30.2. The lowest BCUT2D eigenvalue weighted by atomic mass is 9.96. The number of unbranched alkanes of at least 4 members (excludes halogenated alkanes) is 3. The van der Waals surface area contributed by atoms with Crippen molar-refractivity contribution in [2.75, 3.05) is 45.8 Å². The minimum absolute atomic E-state index is 0.0507. The van der Waals surface area contributed by atoms with Gasteiger partial charge in [0.2, 0.25) is 41.4 Å². The van der Waals surface area contributed by atoms with E-state index >= 15 is 0 Å². The Morgan fingerprint density at radius 3 is 1.10 bits per heavy atom. The zero-order chi connectivity index (χ0) is 89.1. The number of benzene rings is 6. The Bertz CT molecular complexity index is 4850. The Morgan fingerprint density at radius 2 is 0.699 bits per heavy atom. The average molecular weight is 1700 g/mol. The van der Waals surface area contributed by atoms with Crippen LogP contribution in [0.3, 0.4) is 0 Å². The fraction of sp³-hybridized carbons (Fsp3) is 0.430. The van der Waals surface area contributed by atoms with Gasteiger partial charge in [-0.15, -0.1) is 0 Å². The van der Waals surface area contributed by atoms with Crippen molar-refractivity contribution in [3.05, 3.63) is 166 Å². The summed E-state index contributed by atoms with van der Waals surface area (Å²) in [6, 6.07) is 25.2. The largest absolute Gasteiger partial charge is 0.481 e. The van der Waals surface area contributed by atoms with Crippen LogP contribution in [0, 0.1) is 0 Å². The number of rotatable bonds is 49. The van der Waals surface area contributed by atoms with Gasteiger partial charge in [0.1, 0.15) is 42.3 Å². The molecule has 0 saturated carbocycles. The van der Waals surface area contributed by atoms with Gasteiger partial charge in [0.15, 0.2) is 0 Å². The molecule has 0 aromatic heterocycles. The number of aliphatic carboxylic acids is 6. The second-order valence-corrected chi connectivity index (χ2v) is 30.2. The smallest absolute Gasteiger partial charge is 0.326 e. The highest BCUT2D eigenvalue weighted by Gasteiger charge is 2.32. The van der Waals surface area contributed by atoms with Crippen LogP contribution in [0.15, 0.2) is 121 Å². The van der Waals surface area contributed by atoms with E-state index < -0.39 is 151 Å². The number of nitrogens with zero attached hydrogens (tertiary/aromatic N) is 2. The van der Waals surface area contributed by atoms with Crippen LogP contribution in [0.2, 0.25) is 0 Å². The molecule has 7 atom stereocenters. The number of carbonyl (C=O) groups excluding carboxylic acids is 11. The number of nitrogens with one attached hydrogen (secondary N) is 11. The molecular weight excluding hydrogens is 1600 g/mol. The first-order valence-electron chi connectivity index (χ1n) is 40.8. The molecule has 6 aromatic rings. The predicted octanol–water partition coefficient (Wildman–Crippen LogP) is 3.27. The lowest BCUT2D eigenvalue weighted by Gasteiger charge is -2.29. The first kappa shape index (κ1) is 94.9. The highest BCUT2D eigenvalue weighted by molar-refractivity contribution is 6.00. The first-order chi connectivity index (χ1) is 58.9. The number of carbonyl (C=O) groups is 17. The molecule has 123 heavy (non-hydrogen) atoms. The first-order valence-corrected chi connectivity index (χ1v) is 40.8. The summed E-state index contributed by atoms with van der Waals surface area (Å²) in [5, 5.41) is 88.1. The normalized spacial score (nSPS) is 13.8. The van der Waals surface area contributed by atoms with E-state index in [1.54, 1.807) is 46.2 Å². The topological polar surface area (TPSA) is 576 Å². The molecule has 2 heterocycles. The number of urea groups is 2. The Kier molecular flexibility index (Phi) is 37.0. The zero-order valence-corrected chi connectivity index (χ0v) is 67.9. The molecule has 0 unspecified atom stereocenters. The summed E-state index contributed by atoms with van der Waals surface area (Å²) in [5.41, 5.74) is 10.8. The van der Waals surface area contributed by atoms with Crippen LogP contribution in [0.5, 0.6) is 0 Å². The van der Waals surface area contributed by atoms with Gasteiger partial charge in [-0.2, -0.15) is 0 Å². The van der Waals surface area contributed by atoms with Crippen molar-refractivity contribution in [1.82, 2.24) is 68.3 Å². The monoisotopic (exact) mass is 1700 g/mol. The van der Waals surface area contributed by atoms with E-state index in [4.69, 9.17) is 15.9 Å². The standard InChI is InChI=1S/C86H106N14O23/c87-36-40-91-78(111)63(92-71(102)29-31-73(104)100-42-35-58-48-60(23-25-62(58)50-100)77(110)94-69(46-52-19-21-54-12-2-4-14-56(54)44-52)80(113)90-39-10-7-17-65(82(116)117)96-86(123)98-67(84(120)121)27-33-75(107)108)15-5-8-37-88-70(101)28-30-72(103)99-41-34-57-47-59(22-24-61(57)49-99)76(109)93-68(45-51-18-20-53-11-1-3-13-55(53)43-51)79(112)89-38-9-6-16-64(81(114)115)95-85(122)97-66(83(118)119)26-32-74(105)106/h1-4,11-14,18-25,43-44,47-48,63-69H,5-10,15-17,26-42,45-46,49-50,87H2,(H,88,101)(H,89,112)(H,90,113)(H,91,111)(H,92,102)(H,93,109)(H,94,110)(H,105,106)(H,107,108)(H,114,115)(H,116,117)(H,118,119)(H,120,121)(H2,95,97,122)(H2,96,98,123)/t63-,64-,65-,66-,67-,68-,69-/m0/s1. The van der Waals surface area contributed by atoms with Crippen molar-refractivity contribution in [2.45, 2.75) is 190 Å². The van der Waals surface area contributed by atoms with Gasteiger partial charge in [0.25, 0.3) is 11.8 Å². The summed E-state index contributed by atoms with van der Waals surface area (Å²) in [6.45, 7) is 1.54. The molecule has 19 N–H and O–H groups in total. The van der Waals surface area contributed by atoms with Crippen LogP contribution in [0.25, 0.3) is 21.5 Å². The molecule has 8 rings (SSSR count). The highest BCUT2D eigenvalue weighted by atomic mass is 16.4. The van der Waals surface area contributed by atoms with Crippen LogP contribution in [-0.2, 0) is 101 Å². The van der Waals surface area contributed by atoms with Gasteiger partial charge in [0.05, 0.1) is 0 Å². The van der Waals surface area contributed by atoms with Gasteiger partial charge in [0, 0.05) is 121 Å². The number of hydrogen-bond donors (Lipinski definition) is 18. The molecule has 0 spiro atoms. The third kappa shape index (κ3) is 31.2. The average Bonchev–Trinajstić information content (AvgIpc) is 0.817. The molecule has 6 aromatic carbocycles. The number of hydrogen-bond acceptors (Lipinski definition) is 18. The summed E-state index contributed by atoms with van der Waals surface area (Å²) >= 11 is 0. The molecule has 2 aliphatic rings. The number of nitrogens with two attached hydrogens (primary N) is 1. The van der Waals surface area contributed by atoms with E-state index in [2.05, 4.69) is 58.5 Å². The maximum absolute atomic E-state index is 14.0. The zero-order valence-electron chi connectivity index (χ0n) is 67.9. The molecule has 0 fully saturated rings. The predicted molar refractivity (Wildman–Crippen MR) is 445 cm³/mol. The van der Waals surface area contributed by atoms with Crippen LogP contribution < -0.4 is 64.2 Å². The summed E-state index contributed by atoms with van der Waals surface area (Å²) in [4.78, 5) is 220. The van der Waals surface area contributed by atoms with Crippen LogP contribution in [0.4, 0.5) is 9.59 Å². The Morgan fingerprint density at radius 1 is 0.333 bits per heavy atom. The van der Waals surface area contributed by atoms with Crippen LogP contribution >= 0.6 is 0 Å². The van der Waals surface area contributed by atoms with Gasteiger partial charge in [-0.3, -0.25) is 52.7 Å². The van der Waals surface area contributed by atoms with E-state index in [9.17, 15) is 102 Å². The second kappa shape index (κ2) is 48.0. The van der Waals surface area contributed by atoms with Crippen molar-refractivity contribution in [3.63, 3.8) is 0 Å².